The van der Waals surface area contributed by atoms with Gasteiger partial charge < -0.3 is 11.1 Å². The summed E-state index contributed by atoms with van der Waals surface area (Å²) in [6.07, 6.45) is 1.80. The van der Waals surface area contributed by atoms with Gasteiger partial charge in [-0.05, 0) is 36.5 Å². The Bertz CT molecular complexity index is 641. The number of hydrogen-bond donors (Lipinski definition) is 2. The second kappa shape index (κ2) is 7.79. The lowest BCUT2D eigenvalue weighted by molar-refractivity contribution is 0.452. The van der Waals surface area contributed by atoms with Crippen LogP contribution in [0, 0.1) is 0 Å². The van der Waals surface area contributed by atoms with Crippen LogP contribution in [0.25, 0.3) is 0 Å². The lowest BCUT2D eigenvalue weighted by atomic mass is 9.99. The Hall–Kier alpha value is -1.60. The molecule has 23 heavy (non-hydrogen) atoms. The summed E-state index contributed by atoms with van der Waals surface area (Å²) in [5, 5.41) is 3.03. The minimum absolute atomic E-state index is 0.243. The van der Waals surface area contributed by atoms with E-state index >= 15 is 0 Å². The first-order valence-corrected chi connectivity index (χ1v) is 9.68. The van der Waals surface area contributed by atoms with Crippen LogP contribution in [0.4, 0.5) is 5.69 Å². The number of nitrogens with one attached hydrogen (secondary N) is 1. The van der Waals surface area contributed by atoms with Crippen molar-refractivity contribution >= 4 is 21.7 Å². The first kappa shape index (κ1) is 17.7. The average molecular weight is 338 g/mol. The van der Waals surface area contributed by atoms with Crippen molar-refractivity contribution in [1.29, 1.82) is 0 Å². The van der Waals surface area contributed by atoms with Crippen LogP contribution in [0.3, 0.4) is 0 Å². The van der Waals surface area contributed by atoms with E-state index in [2.05, 4.69) is 36.3 Å². The van der Waals surface area contributed by atoms with E-state index in [-0.39, 0.29) is 5.75 Å². The predicted molar refractivity (Wildman–Crippen MR) is 95.2 cm³/mol. The number of aliphatic imine (C=N–C) groups is 1. The molecule has 1 unspecified atom stereocenters. The first-order chi connectivity index (χ1) is 10.9. The number of sulfonamides is 1. The summed E-state index contributed by atoms with van der Waals surface area (Å²) >= 11 is 0. The highest BCUT2D eigenvalue weighted by atomic mass is 32.2. The molecule has 0 saturated carbocycles. The molecule has 128 valence electrons. The molecule has 2 rings (SSSR count). The molecule has 1 aliphatic rings. The van der Waals surface area contributed by atoms with Crippen LogP contribution in [0.5, 0.6) is 0 Å². The van der Waals surface area contributed by atoms with E-state index in [1.54, 1.807) is 0 Å². The Balaban J connectivity index is 1.85. The van der Waals surface area contributed by atoms with Crippen LogP contribution in [0.2, 0.25) is 0 Å². The van der Waals surface area contributed by atoms with Crippen molar-refractivity contribution in [3.05, 3.63) is 29.8 Å². The van der Waals surface area contributed by atoms with E-state index in [1.165, 1.54) is 9.87 Å². The van der Waals surface area contributed by atoms with E-state index in [4.69, 9.17) is 5.73 Å². The molecule has 1 aromatic rings. The van der Waals surface area contributed by atoms with Crippen molar-refractivity contribution in [1.82, 2.24) is 4.31 Å². The molecular weight excluding hydrogens is 312 g/mol. The molecule has 1 aromatic carbocycles. The van der Waals surface area contributed by atoms with Gasteiger partial charge in [-0.15, -0.1) is 0 Å². The standard InChI is InChI=1S/C16H26N4O2S/c1-3-13(2)14-5-7-15(8-6-14)19-16(17)18-9-11-20-10-4-12-23(20,21)22/h5-8,13H,3-4,9-12H2,1-2H3,(H3,17,18,19). The fraction of sp³-hybridized carbons (Fsp3) is 0.562. The first-order valence-electron chi connectivity index (χ1n) is 8.07. The van der Waals surface area contributed by atoms with Gasteiger partial charge in [-0.3, -0.25) is 4.99 Å². The summed E-state index contributed by atoms with van der Waals surface area (Å²) < 4.78 is 24.8. The van der Waals surface area contributed by atoms with Gasteiger partial charge in [-0.1, -0.05) is 26.0 Å². The smallest absolute Gasteiger partial charge is 0.214 e. The number of guanidine groups is 1. The molecule has 0 radical (unpaired) electrons. The summed E-state index contributed by atoms with van der Waals surface area (Å²) in [5.74, 6) is 1.09. The molecule has 7 heteroatoms. The van der Waals surface area contributed by atoms with Crippen LogP contribution in [-0.4, -0.2) is 44.1 Å². The SMILES string of the molecule is CCC(C)c1ccc(NC(N)=NCCN2CCCS2(=O)=O)cc1. The summed E-state index contributed by atoms with van der Waals surface area (Å²) in [5.41, 5.74) is 8.03. The summed E-state index contributed by atoms with van der Waals surface area (Å²) in [7, 11) is -3.06. The Morgan fingerprint density at radius 3 is 2.65 bits per heavy atom. The fourth-order valence-electron chi connectivity index (χ4n) is 2.54. The largest absolute Gasteiger partial charge is 0.370 e. The number of nitrogens with zero attached hydrogens (tertiary/aromatic N) is 2. The van der Waals surface area contributed by atoms with Crippen LogP contribution < -0.4 is 11.1 Å². The van der Waals surface area contributed by atoms with Gasteiger partial charge in [0.2, 0.25) is 10.0 Å². The van der Waals surface area contributed by atoms with E-state index in [0.717, 1.165) is 12.1 Å². The minimum atomic E-state index is -3.06. The molecule has 1 aliphatic heterocycles. The van der Waals surface area contributed by atoms with Gasteiger partial charge in [0.1, 0.15) is 0 Å². The Morgan fingerprint density at radius 1 is 1.39 bits per heavy atom. The average Bonchev–Trinajstić information content (AvgIpc) is 2.86. The fourth-order valence-corrected chi connectivity index (χ4v) is 4.06. The highest BCUT2D eigenvalue weighted by molar-refractivity contribution is 7.89. The third-order valence-electron chi connectivity index (χ3n) is 4.20. The van der Waals surface area contributed by atoms with Crippen molar-refractivity contribution in [2.45, 2.75) is 32.6 Å². The van der Waals surface area contributed by atoms with E-state index < -0.39 is 10.0 Å². The summed E-state index contributed by atoms with van der Waals surface area (Å²) in [4.78, 5) is 4.20. The number of hydrogen-bond acceptors (Lipinski definition) is 3. The Morgan fingerprint density at radius 2 is 2.09 bits per heavy atom. The molecule has 1 fully saturated rings. The van der Waals surface area contributed by atoms with Crippen LogP contribution in [0.1, 0.15) is 38.2 Å². The maximum Gasteiger partial charge on any atom is 0.214 e. The predicted octanol–water partition coefficient (Wildman–Crippen LogP) is 1.96. The topological polar surface area (TPSA) is 87.8 Å². The van der Waals surface area contributed by atoms with Crippen molar-refractivity contribution in [2.75, 3.05) is 30.7 Å². The lowest BCUT2D eigenvalue weighted by Gasteiger charge is -2.13. The second-order valence-corrected chi connectivity index (χ2v) is 7.98. The molecule has 0 spiro atoms. The summed E-state index contributed by atoms with van der Waals surface area (Å²) in [6, 6.07) is 8.13. The Labute approximate surface area is 138 Å². The van der Waals surface area contributed by atoms with Crippen LogP contribution >= 0.6 is 0 Å². The molecule has 1 atom stereocenters. The molecule has 1 saturated heterocycles. The minimum Gasteiger partial charge on any atom is -0.370 e. The second-order valence-electron chi connectivity index (χ2n) is 5.89. The number of anilines is 1. The molecule has 1 heterocycles. The van der Waals surface area contributed by atoms with Crippen molar-refractivity contribution in [3.8, 4) is 0 Å². The molecule has 0 aromatic heterocycles. The van der Waals surface area contributed by atoms with Crippen molar-refractivity contribution in [2.24, 2.45) is 10.7 Å². The normalized spacial score (nSPS) is 19.7. The zero-order chi connectivity index (χ0) is 16.9. The third kappa shape index (κ3) is 4.94. The van der Waals surface area contributed by atoms with E-state index in [0.29, 0.717) is 37.9 Å². The quantitative estimate of drug-likeness (QED) is 0.613. The summed E-state index contributed by atoms with van der Waals surface area (Å²) in [6.45, 7) is 5.70. The Kier molecular flexibility index (Phi) is 6.01. The van der Waals surface area contributed by atoms with Gasteiger partial charge in [0.25, 0.3) is 0 Å². The van der Waals surface area contributed by atoms with Gasteiger partial charge in [0, 0.05) is 18.8 Å². The van der Waals surface area contributed by atoms with Gasteiger partial charge in [0.15, 0.2) is 5.96 Å². The third-order valence-corrected chi connectivity index (χ3v) is 6.16. The van der Waals surface area contributed by atoms with Crippen molar-refractivity contribution in [3.63, 3.8) is 0 Å². The highest BCUT2D eigenvalue weighted by Crippen LogP contribution is 2.20. The number of nitrogens with two attached hydrogens (primary N) is 1. The zero-order valence-electron chi connectivity index (χ0n) is 13.8. The van der Waals surface area contributed by atoms with Gasteiger partial charge >= 0.3 is 0 Å². The van der Waals surface area contributed by atoms with Crippen LogP contribution in [0.15, 0.2) is 29.3 Å². The number of rotatable bonds is 6. The highest BCUT2D eigenvalue weighted by Gasteiger charge is 2.27. The maximum atomic E-state index is 11.7. The van der Waals surface area contributed by atoms with Gasteiger partial charge in [-0.25, -0.2) is 12.7 Å². The van der Waals surface area contributed by atoms with E-state index in [9.17, 15) is 8.42 Å². The molecule has 6 nitrogen and oxygen atoms in total. The van der Waals surface area contributed by atoms with Gasteiger partial charge in [-0.2, -0.15) is 0 Å². The molecule has 0 bridgehead atoms. The maximum absolute atomic E-state index is 11.7. The van der Waals surface area contributed by atoms with Crippen molar-refractivity contribution < 1.29 is 8.42 Å². The monoisotopic (exact) mass is 338 g/mol. The molecule has 0 amide bonds. The van der Waals surface area contributed by atoms with Gasteiger partial charge in [0.05, 0.1) is 12.3 Å². The lowest BCUT2D eigenvalue weighted by Crippen LogP contribution is -2.30. The zero-order valence-corrected chi connectivity index (χ0v) is 14.6. The van der Waals surface area contributed by atoms with E-state index in [1.807, 2.05) is 12.1 Å². The molecular formula is C16H26N4O2S. The van der Waals surface area contributed by atoms with Crippen LogP contribution in [-0.2, 0) is 10.0 Å². The molecule has 3 N–H and O–H groups in total. The molecule has 0 aliphatic carbocycles. The number of benzene rings is 1.